The molecule has 80 valence electrons. The number of allylic oxidation sites excluding steroid dienone is 1. The molecule has 1 saturated heterocycles. The molecule has 1 aliphatic heterocycles. The number of rotatable bonds is 2. The minimum absolute atomic E-state index is 0.0532. The molecule has 1 heterocycles. The highest BCUT2D eigenvalue weighted by atomic mass is 16.2. The Bertz CT molecular complexity index is 217. The van der Waals surface area contributed by atoms with Gasteiger partial charge in [-0.05, 0) is 32.6 Å². The molecule has 0 saturated carbocycles. The molecule has 0 spiro atoms. The molecule has 1 aliphatic rings. The number of hydrogen-bond acceptors (Lipinski definition) is 1. The average molecular weight is 196 g/mol. The third-order valence-corrected chi connectivity index (χ3v) is 2.64. The van der Waals surface area contributed by atoms with E-state index in [0.29, 0.717) is 0 Å². The van der Waals surface area contributed by atoms with Gasteiger partial charge in [0.05, 0.1) is 0 Å². The highest BCUT2D eigenvalue weighted by Gasteiger charge is 2.14. The number of carbonyl (C=O) groups is 1. The standard InChI is InChI=1S/C11H20N2O/c1-3-10(2)9-12-11(14)13-7-5-4-6-8-13/h9H,3-8H2,1-2H3,(H,12,14)/b10-9+. The van der Waals surface area contributed by atoms with E-state index >= 15 is 0 Å². The summed E-state index contributed by atoms with van der Waals surface area (Å²) in [6.07, 6.45) is 6.35. The third-order valence-electron chi connectivity index (χ3n) is 2.64. The van der Waals surface area contributed by atoms with Crippen LogP contribution in [0.5, 0.6) is 0 Å². The number of nitrogens with one attached hydrogen (secondary N) is 1. The van der Waals surface area contributed by atoms with Gasteiger partial charge in [-0.1, -0.05) is 12.5 Å². The first kappa shape index (κ1) is 11.1. The molecule has 3 heteroatoms. The second-order valence-electron chi connectivity index (χ2n) is 3.84. The second kappa shape index (κ2) is 5.68. The van der Waals surface area contributed by atoms with Crippen molar-refractivity contribution in [2.45, 2.75) is 39.5 Å². The molecule has 0 aromatic heterocycles. The molecule has 2 amide bonds. The maximum absolute atomic E-state index is 11.6. The van der Waals surface area contributed by atoms with E-state index in [2.05, 4.69) is 12.2 Å². The number of likely N-dealkylation sites (tertiary alicyclic amines) is 1. The lowest BCUT2D eigenvalue weighted by Crippen LogP contribution is -2.40. The van der Waals surface area contributed by atoms with Gasteiger partial charge in [0.2, 0.25) is 0 Å². The van der Waals surface area contributed by atoms with Crippen molar-refractivity contribution in [3.63, 3.8) is 0 Å². The van der Waals surface area contributed by atoms with Crippen LogP contribution in [0.3, 0.4) is 0 Å². The van der Waals surface area contributed by atoms with E-state index in [0.717, 1.165) is 32.4 Å². The molecule has 0 bridgehead atoms. The monoisotopic (exact) mass is 196 g/mol. The summed E-state index contributed by atoms with van der Waals surface area (Å²) in [5.74, 6) is 0. The average Bonchev–Trinajstić information content (AvgIpc) is 2.26. The minimum atomic E-state index is 0.0532. The summed E-state index contributed by atoms with van der Waals surface area (Å²) < 4.78 is 0. The lowest BCUT2D eigenvalue weighted by atomic mass is 10.1. The number of carbonyl (C=O) groups excluding carboxylic acids is 1. The fraction of sp³-hybridized carbons (Fsp3) is 0.727. The van der Waals surface area contributed by atoms with Gasteiger partial charge >= 0.3 is 6.03 Å². The molecule has 0 aromatic rings. The topological polar surface area (TPSA) is 32.3 Å². The van der Waals surface area contributed by atoms with E-state index in [-0.39, 0.29) is 6.03 Å². The molecule has 14 heavy (non-hydrogen) atoms. The van der Waals surface area contributed by atoms with Crippen LogP contribution in [-0.2, 0) is 0 Å². The van der Waals surface area contributed by atoms with Gasteiger partial charge in [-0.3, -0.25) is 0 Å². The van der Waals surface area contributed by atoms with Crippen LogP contribution in [0.15, 0.2) is 11.8 Å². The minimum Gasteiger partial charge on any atom is -0.325 e. The SMILES string of the molecule is CC/C(C)=C/NC(=O)N1CCCCC1. The van der Waals surface area contributed by atoms with E-state index in [1.54, 1.807) is 0 Å². The summed E-state index contributed by atoms with van der Waals surface area (Å²) in [5, 5.41) is 2.83. The van der Waals surface area contributed by atoms with Crippen molar-refractivity contribution in [2.24, 2.45) is 0 Å². The van der Waals surface area contributed by atoms with Crippen molar-refractivity contribution in [2.75, 3.05) is 13.1 Å². The first-order chi connectivity index (χ1) is 6.74. The molecule has 1 N–H and O–H groups in total. The highest BCUT2D eigenvalue weighted by Crippen LogP contribution is 2.08. The molecule has 3 nitrogen and oxygen atoms in total. The summed E-state index contributed by atoms with van der Waals surface area (Å²) in [5.41, 5.74) is 1.20. The molecule has 1 fully saturated rings. The van der Waals surface area contributed by atoms with Crippen LogP contribution in [-0.4, -0.2) is 24.0 Å². The number of piperidine rings is 1. The Hall–Kier alpha value is -0.990. The van der Waals surface area contributed by atoms with E-state index in [9.17, 15) is 4.79 Å². The van der Waals surface area contributed by atoms with E-state index in [1.807, 2.05) is 18.0 Å². The number of amides is 2. The normalized spacial score (nSPS) is 18.1. The number of hydrogen-bond donors (Lipinski definition) is 1. The van der Waals surface area contributed by atoms with Crippen molar-refractivity contribution < 1.29 is 4.79 Å². The van der Waals surface area contributed by atoms with Gasteiger partial charge in [-0.2, -0.15) is 0 Å². The van der Waals surface area contributed by atoms with Crippen LogP contribution in [0.4, 0.5) is 4.79 Å². The fourth-order valence-corrected chi connectivity index (χ4v) is 1.48. The smallest absolute Gasteiger partial charge is 0.321 e. The Morgan fingerprint density at radius 1 is 1.36 bits per heavy atom. The molecule has 1 rings (SSSR count). The molecule has 0 radical (unpaired) electrons. The van der Waals surface area contributed by atoms with E-state index in [4.69, 9.17) is 0 Å². The predicted octanol–water partition coefficient (Wildman–Crippen LogP) is 2.50. The van der Waals surface area contributed by atoms with Crippen molar-refractivity contribution in [1.82, 2.24) is 10.2 Å². The highest BCUT2D eigenvalue weighted by molar-refractivity contribution is 5.75. The first-order valence-electron chi connectivity index (χ1n) is 5.45. The summed E-state index contributed by atoms with van der Waals surface area (Å²) in [6.45, 7) is 5.92. The van der Waals surface area contributed by atoms with Gasteiger partial charge in [0.1, 0.15) is 0 Å². The Morgan fingerprint density at radius 2 is 2.00 bits per heavy atom. The fourth-order valence-electron chi connectivity index (χ4n) is 1.48. The van der Waals surface area contributed by atoms with Gasteiger partial charge in [0.15, 0.2) is 0 Å². The van der Waals surface area contributed by atoms with Crippen LogP contribution < -0.4 is 5.32 Å². The van der Waals surface area contributed by atoms with Crippen LogP contribution in [0.1, 0.15) is 39.5 Å². The lowest BCUT2D eigenvalue weighted by molar-refractivity contribution is 0.190. The van der Waals surface area contributed by atoms with Crippen LogP contribution in [0, 0.1) is 0 Å². The number of urea groups is 1. The first-order valence-corrected chi connectivity index (χ1v) is 5.45. The van der Waals surface area contributed by atoms with Crippen LogP contribution in [0.2, 0.25) is 0 Å². The summed E-state index contributed by atoms with van der Waals surface area (Å²) >= 11 is 0. The van der Waals surface area contributed by atoms with Gasteiger partial charge < -0.3 is 10.2 Å². The third kappa shape index (κ3) is 3.40. The van der Waals surface area contributed by atoms with E-state index < -0.39 is 0 Å². The lowest BCUT2D eigenvalue weighted by Gasteiger charge is -2.26. The van der Waals surface area contributed by atoms with Crippen molar-refractivity contribution in [1.29, 1.82) is 0 Å². The van der Waals surface area contributed by atoms with Gasteiger partial charge in [0, 0.05) is 19.3 Å². The van der Waals surface area contributed by atoms with Gasteiger partial charge in [0.25, 0.3) is 0 Å². The van der Waals surface area contributed by atoms with Crippen molar-refractivity contribution >= 4 is 6.03 Å². The Labute approximate surface area is 86.2 Å². The van der Waals surface area contributed by atoms with Gasteiger partial charge in [-0.25, -0.2) is 4.79 Å². The predicted molar refractivity (Wildman–Crippen MR) is 58.0 cm³/mol. The van der Waals surface area contributed by atoms with Crippen molar-refractivity contribution in [3.05, 3.63) is 11.8 Å². The zero-order chi connectivity index (χ0) is 10.4. The second-order valence-corrected chi connectivity index (χ2v) is 3.84. The summed E-state index contributed by atoms with van der Waals surface area (Å²) in [7, 11) is 0. The molecular formula is C11H20N2O. The largest absolute Gasteiger partial charge is 0.325 e. The van der Waals surface area contributed by atoms with E-state index in [1.165, 1.54) is 12.0 Å². The number of nitrogens with zero attached hydrogens (tertiary/aromatic N) is 1. The maximum Gasteiger partial charge on any atom is 0.321 e. The van der Waals surface area contributed by atoms with Crippen LogP contribution in [0.25, 0.3) is 0 Å². The molecule has 0 aromatic carbocycles. The molecular weight excluding hydrogens is 176 g/mol. The zero-order valence-corrected chi connectivity index (χ0v) is 9.18. The zero-order valence-electron chi connectivity index (χ0n) is 9.18. The quantitative estimate of drug-likeness (QED) is 0.723. The molecule has 0 aliphatic carbocycles. The Kier molecular flexibility index (Phi) is 4.50. The Balaban J connectivity index is 2.33. The Morgan fingerprint density at radius 3 is 2.57 bits per heavy atom. The summed E-state index contributed by atoms with van der Waals surface area (Å²) in [4.78, 5) is 13.5. The van der Waals surface area contributed by atoms with Gasteiger partial charge in [-0.15, -0.1) is 0 Å². The summed E-state index contributed by atoms with van der Waals surface area (Å²) in [6, 6.07) is 0.0532. The van der Waals surface area contributed by atoms with Crippen molar-refractivity contribution in [3.8, 4) is 0 Å². The molecule has 0 atom stereocenters. The maximum atomic E-state index is 11.6. The molecule has 0 unspecified atom stereocenters. The van der Waals surface area contributed by atoms with Crippen LogP contribution >= 0.6 is 0 Å².